The molecule has 1 N–H and O–H groups in total. The number of amides is 1. The predicted octanol–water partition coefficient (Wildman–Crippen LogP) is 3.61. The number of hydrogen-bond donors (Lipinski definition) is 1. The summed E-state index contributed by atoms with van der Waals surface area (Å²) in [7, 11) is 0. The Bertz CT molecular complexity index is 1090. The molecule has 0 spiro atoms. The van der Waals surface area contributed by atoms with Crippen LogP contribution in [0.1, 0.15) is 41.7 Å². The number of ether oxygens (including phenoxy) is 1. The van der Waals surface area contributed by atoms with Crippen LogP contribution in [0.2, 0.25) is 0 Å². The fourth-order valence-corrected chi connectivity index (χ4v) is 5.39. The molecule has 6 heteroatoms. The van der Waals surface area contributed by atoms with Crippen LogP contribution in [0.25, 0.3) is 10.9 Å². The molecule has 3 heterocycles. The van der Waals surface area contributed by atoms with E-state index in [2.05, 4.69) is 46.6 Å². The highest BCUT2D eigenvalue weighted by Gasteiger charge is 2.39. The average Bonchev–Trinajstić information content (AvgIpc) is 3.54. The maximum atomic E-state index is 13.3. The smallest absolute Gasteiger partial charge is 0.272 e. The first-order valence-electron chi connectivity index (χ1n) is 11.9. The number of fused-ring (bicyclic) bond motifs is 3. The van der Waals surface area contributed by atoms with Crippen molar-refractivity contribution in [2.75, 3.05) is 13.2 Å². The highest BCUT2D eigenvalue weighted by Crippen LogP contribution is 2.33. The second-order valence-corrected chi connectivity index (χ2v) is 9.64. The number of benzene rings is 2. The summed E-state index contributed by atoms with van der Waals surface area (Å²) in [5, 5.41) is 9.03. The predicted molar refractivity (Wildman–Crippen MR) is 123 cm³/mol. The number of aromatic nitrogens is 2. The highest BCUT2D eigenvalue weighted by molar-refractivity contribution is 6.05. The Kier molecular flexibility index (Phi) is 5.20. The lowest BCUT2D eigenvalue weighted by Gasteiger charge is -2.48. The van der Waals surface area contributed by atoms with Crippen molar-refractivity contribution in [1.82, 2.24) is 20.0 Å². The Balaban J connectivity index is 1.18. The van der Waals surface area contributed by atoms with E-state index in [1.54, 1.807) is 0 Å². The first kappa shape index (κ1) is 19.9. The molecule has 2 aromatic carbocycles. The molecule has 32 heavy (non-hydrogen) atoms. The molecule has 1 amide bonds. The Labute approximate surface area is 188 Å². The summed E-state index contributed by atoms with van der Waals surface area (Å²) in [5.41, 5.74) is 2.96. The van der Waals surface area contributed by atoms with Crippen molar-refractivity contribution >= 4 is 16.8 Å². The fourth-order valence-electron chi connectivity index (χ4n) is 5.39. The Hall–Kier alpha value is -2.70. The second kappa shape index (κ2) is 8.34. The summed E-state index contributed by atoms with van der Waals surface area (Å²) in [6.45, 7) is 3.31. The standard InChI is InChI=1S/C26H30N4O2/c31-26(25-23-8-4-5-9-24(23)30(28-25)15-19-10-11-19)27-20-12-21-16-32-17-22(13-20)29(21)14-18-6-2-1-3-7-18/h1-9,19-22H,10-17H2,(H,27,31)/t20?,21-,22+. The van der Waals surface area contributed by atoms with Crippen molar-refractivity contribution in [2.45, 2.75) is 56.9 Å². The third-order valence-corrected chi connectivity index (χ3v) is 7.22. The van der Waals surface area contributed by atoms with Gasteiger partial charge in [0.15, 0.2) is 5.69 Å². The highest BCUT2D eigenvalue weighted by atomic mass is 16.5. The van der Waals surface area contributed by atoms with Gasteiger partial charge >= 0.3 is 0 Å². The topological polar surface area (TPSA) is 59.4 Å². The van der Waals surface area contributed by atoms with Crippen molar-refractivity contribution in [2.24, 2.45) is 5.92 Å². The van der Waals surface area contributed by atoms with E-state index in [9.17, 15) is 4.79 Å². The van der Waals surface area contributed by atoms with E-state index >= 15 is 0 Å². The number of para-hydroxylation sites is 1. The van der Waals surface area contributed by atoms with Crippen LogP contribution in [-0.2, 0) is 17.8 Å². The van der Waals surface area contributed by atoms with Gasteiger partial charge in [-0.3, -0.25) is 14.4 Å². The molecule has 2 aliphatic heterocycles. The van der Waals surface area contributed by atoms with Gasteiger partial charge in [0, 0.05) is 36.6 Å². The number of morpholine rings is 1. The molecular weight excluding hydrogens is 400 g/mol. The fraction of sp³-hybridized carbons (Fsp3) is 0.462. The van der Waals surface area contributed by atoms with Crippen LogP contribution >= 0.6 is 0 Å². The summed E-state index contributed by atoms with van der Waals surface area (Å²) in [6.07, 6.45) is 4.36. The molecule has 3 aromatic rings. The molecule has 1 unspecified atom stereocenters. The summed E-state index contributed by atoms with van der Waals surface area (Å²) < 4.78 is 7.91. The lowest BCUT2D eigenvalue weighted by atomic mass is 9.89. The number of nitrogens with one attached hydrogen (secondary N) is 1. The third kappa shape index (κ3) is 3.93. The first-order valence-corrected chi connectivity index (χ1v) is 11.9. The molecule has 1 aliphatic carbocycles. The van der Waals surface area contributed by atoms with Gasteiger partial charge in [-0.2, -0.15) is 5.10 Å². The van der Waals surface area contributed by atoms with Crippen LogP contribution < -0.4 is 5.32 Å². The molecule has 3 fully saturated rings. The monoisotopic (exact) mass is 430 g/mol. The summed E-state index contributed by atoms with van der Waals surface area (Å²) >= 11 is 0. The van der Waals surface area contributed by atoms with Crippen LogP contribution in [-0.4, -0.2) is 51.9 Å². The molecule has 0 radical (unpaired) electrons. The molecule has 2 bridgehead atoms. The maximum Gasteiger partial charge on any atom is 0.272 e. The van der Waals surface area contributed by atoms with Gasteiger partial charge in [0.2, 0.25) is 0 Å². The molecule has 2 saturated heterocycles. The zero-order valence-corrected chi connectivity index (χ0v) is 18.3. The van der Waals surface area contributed by atoms with Gasteiger partial charge in [0.05, 0.1) is 18.7 Å². The average molecular weight is 431 g/mol. The van der Waals surface area contributed by atoms with E-state index in [0.29, 0.717) is 23.7 Å². The number of carbonyl (C=O) groups is 1. The molecule has 3 aliphatic rings. The summed E-state index contributed by atoms with van der Waals surface area (Å²) in [6, 6.07) is 19.6. The lowest BCUT2D eigenvalue weighted by molar-refractivity contribution is -0.0843. The molecular formula is C26H30N4O2. The van der Waals surface area contributed by atoms with Crippen molar-refractivity contribution in [3.05, 3.63) is 65.9 Å². The Morgan fingerprint density at radius 2 is 1.72 bits per heavy atom. The number of piperidine rings is 1. The zero-order chi connectivity index (χ0) is 21.5. The summed E-state index contributed by atoms with van der Waals surface area (Å²) in [5.74, 6) is 0.666. The zero-order valence-electron chi connectivity index (χ0n) is 18.3. The number of nitrogens with zero attached hydrogens (tertiary/aromatic N) is 3. The van der Waals surface area contributed by atoms with E-state index in [1.165, 1.54) is 18.4 Å². The quantitative estimate of drug-likeness (QED) is 0.649. The van der Waals surface area contributed by atoms with E-state index in [4.69, 9.17) is 9.84 Å². The molecule has 6 rings (SSSR count). The number of rotatable bonds is 6. The van der Waals surface area contributed by atoms with Crippen LogP contribution in [0.15, 0.2) is 54.6 Å². The minimum absolute atomic E-state index is 0.0451. The Morgan fingerprint density at radius 3 is 2.47 bits per heavy atom. The molecule has 166 valence electrons. The van der Waals surface area contributed by atoms with Gasteiger partial charge in [-0.05, 0) is 43.2 Å². The van der Waals surface area contributed by atoms with Gasteiger partial charge in [0.1, 0.15) is 0 Å². The van der Waals surface area contributed by atoms with E-state index < -0.39 is 0 Å². The second-order valence-electron chi connectivity index (χ2n) is 9.64. The van der Waals surface area contributed by atoms with Crippen LogP contribution in [0.5, 0.6) is 0 Å². The van der Waals surface area contributed by atoms with E-state index in [1.807, 2.05) is 22.9 Å². The normalized spacial score (nSPS) is 25.7. The van der Waals surface area contributed by atoms with Crippen LogP contribution in [0, 0.1) is 5.92 Å². The van der Waals surface area contributed by atoms with Crippen LogP contribution in [0.3, 0.4) is 0 Å². The molecule has 1 aromatic heterocycles. The first-order chi connectivity index (χ1) is 15.7. The molecule has 1 saturated carbocycles. The molecule has 3 atom stereocenters. The number of carbonyl (C=O) groups excluding carboxylic acids is 1. The lowest BCUT2D eigenvalue weighted by Crippen LogP contribution is -2.60. The van der Waals surface area contributed by atoms with Crippen molar-refractivity contribution in [1.29, 1.82) is 0 Å². The van der Waals surface area contributed by atoms with Gasteiger partial charge in [-0.1, -0.05) is 48.5 Å². The van der Waals surface area contributed by atoms with Crippen LogP contribution in [0.4, 0.5) is 0 Å². The van der Waals surface area contributed by atoms with E-state index in [-0.39, 0.29) is 11.9 Å². The van der Waals surface area contributed by atoms with Crippen molar-refractivity contribution in [3.63, 3.8) is 0 Å². The van der Waals surface area contributed by atoms with Gasteiger partial charge in [-0.25, -0.2) is 0 Å². The Morgan fingerprint density at radius 1 is 1.00 bits per heavy atom. The largest absolute Gasteiger partial charge is 0.378 e. The SMILES string of the molecule is O=C(NC1C[C@H]2COC[C@@H](C1)N2Cc1ccccc1)c1nn(CC2CC2)c2ccccc12. The van der Waals surface area contributed by atoms with Gasteiger partial charge in [0.25, 0.3) is 5.91 Å². The van der Waals surface area contributed by atoms with Gasteiger partial charge in [-0.15, -0.1) is 0 Å². The van der Waals surface area contributed by atoms with Crippen molar-refractivity contribution < 1.29 is 9.53 Å². The minimum Gasteiger partial charge on any atom is -0.378 e. The third-order valence-electron chi connectivity index (χ3n) is 7.22. The minimum atomic E-state index is -0.0451. The molecule has 6 nitrogen and oxygen atoms in total. The summed E-state index contributed by atoms with van der Waals surface area (Å²) in [4.78, 5) is 15.9. The van der Waals surface area contributed by atoms with E-state index in [0.717, 1.165) is 50.0 Å². The number of hydrogen-bond acceptors (Lipinski definition) is 4. The maximum absolute atomic E-state index is 13.3. The van der Waals surface area contributed by atoms with Gasteiger partial charge < -0.3 is 10.1 Å². The van der Waals surface area contributed by atoms with Crippen molar-refractivity contribution in [3.8, 4) is 0 Å².